The zero-order chi connectivity index (χ0) is 15.5. The Morgan fingerprint density at radius 1 is 1.32 bits per heavy atom. The minimum absolute atomic E-state index is 0.577. The molecule has 1 aromatic heterocycles. The van der Waals surface area contributed by atoms with E-state index < -0.39 is 0 Å². The van der Waals surface area contributed by atoms with Gasteiger partial charge in [-0.15, -0.1) is 11.3 Å². The SMILES string of the molecule is CC1CCN(c2c(Cl)cccc2NCc2cnc(Cl)s2)CC1. The molecule has 0 amide bonds. The van der Waals surface area contributed by atoms with Crippen LogP contribution in [0.25, 0.3) is 0 Å². The van der Waals surface area contributed by atoms with Crippen LogP contribution in [0.3, 0.4) is 0 Å². The first-order valence-electron chi connectivity index (χ1n) is 7.51. The molecular formula is C16H19Cl2N3S. The van der Waals surface area contributed by atoms with Gasteiger partial charge in [0.15, 0.2) is 4.47 Å². The van der Waals surface area contributed by atoms with Crippen LogP contribution in [0.1, 0.15) is 24.6 Å². The van der Waals surface area contributed by atoms with Crippen molar-refractivity contribution in [2.75, 3.05) is 23.3 Å². The number of aromatic nitrogens is 1. The number of hydrogen-bond donors (Lipinski definition) is 1. The van der Waals surface area contributed by atoms with E-state index in [1.807, 2.05) is 18.3 Å². The van der Waals surface area contributed by atoms with Crippen molar-refractivity contribution < 1.29 is 0 Å². The summed E-state index contributed by atoms with van der Waals surface area (Å²) in [6, 6.07) is 6.03. The third-order valence-electron chi connectivity index (χ3n) is 4.07. The van der Waals surface area contributed by atoms with Gasteiger partial charge in [-0.1, -0.05) is 36.2 Å². The van der Waals surface area contributed by atoms with Crippen molar-refractivity contribution in [1.82, 2.24) is 4.98 Å². The Kier molecular flexibility index (Phi) is 5.11. The van der Waals surface area contributed by atoms with Crippen molar-refractivity contribution >= 4 is 45.9 Å². The van der Waals surface area contributed by atoms with Gasteiger partial charge in [0.1, 0.15) is 0 Å². The molecule has 1 fully saturated rings. The molecule has 0 atom stereocenters. The number of hydrogen-bond acceptors (Lipinski definition) is 4. The second kappa shape index (κ2) is 7.07. The highest BCUT2D eigenvalue weighted by atomic mass is 35.5. The second-order valence-electron chi connectivity index (χ2n) is 5.74. The summed E-state index contributed by atoms with van der Waals surface area (Å²) in [6.45, 7) is 5.15. The smallest absolute Gasteiger partial charge is 0.183 e. The van der Waals surface area contributed by atoms with E-state index in [1.54, 1.807) is 0 Å². The normalized spacial score (nSPS) is 16.0. The molecule has 0 bridgehead atoms. The molecule has 1 aliphatic rings. The van der Waals surface area contributed by atoms with E-state index in [1.165, 1.54) is 24.2 Å². The molecule has 2 heterocycles. The fourth-order valence-corrected chi connectivity index (χ4v) is 3.97. The Morgan fingerprint density at radius 3 is 2.77 bits per heavy atom. The van der Waals surface area contributed by atoms with E-state index in [0.29, 0.717) is 11.0 Å². The summed E-state index contributed by atoms with van der Waals surface area (Å²) in [4.78, 5) is 7.58. The molecule has 0 spiro atoms. The Bertz CT molecular complexity index is 636. The fourth-order valence-electron chi connectivity index (χ4n) is 2.76. The van der Waals surface area contributed by atoms with Crippen LogP contribution in [0.5, 0.6) is 0 Å². The number of piperidine rings is 1. The lowest BCUT2D eigenvalue weighted by molar-refractivity contribution is 0.438. The largest absolute Gasteiger partial charge is 0.378 e. The Hall–Kier alpha value is -0.970. The van der Waals surface area contributed by atoms with Crippen LogP contribution in [0.2, 0.25) is 9.49 Å². The number of benzene rings is 1. The van der Waals surface area contributed by atoms with Crippen molar-refractivity contribution in [3.63, 3.8) is 0 Å². The van der Waals surface area contributed by atoms with Crippen LogP contribution >= 0.6 is 34.5 Å². The van der Waals surface area contributed by atoms with Crippen LogP contribution in [-0.4, -0.2) is 18.1 Å². The third-order valence-corrected chi connectivity index (χ3v) is 5.48. The van der Waals surface area contributed by atoms with Crippen molar-refractivity contribution in [3.8, 4) is 0 Å². The van der Waals surface area contributed by atoms with Crippen molar-refractivity contribution in [2.45, 2.75) is 26.3 Å². The van der Waals surface area contributed by atoms with Gasteiger partial charge in [0.2, 0.25) is 0 Å². The molecule has 0 saturated carbocycles. The molecule has 3 rings (SSSR count). The molecular weight excluding hydrogens is 337 g/mol. The van der Waals surface area contributed by atoms with Crippen LogP contribution in [0, 0.1) is 5.92 Å². The van der Waals surface area contributed by atoms with Crippen molar-refractivity contribution in [1.29, 1.82) is 0 Å². The number of halogens is 2. The Labute approximate surface area is 145 Å². The number of nitrogens with zero attached hydrogens (tertiary/aromatic N) is 2. The summed E-state index contributed by atoms with van der Waals surface area (Å²) in [5, 5.41) is 4.29. The summed E-state index contributed by atoms with van der Waals surface area (Å²) in [6.07, 6.45) is 4.25. The summed E-state index contributed by atoms with van der Waals surface area (Å²) < 4.78 is 0.577. The van der Waals surface area contributed by atoms with Crippen LogP contribution in [0.4, 0.5) is 11.4 Å². The number of anilines is 2. The maximum Gasteiger partial charge on any atom is 0.183 e. The van der Waals surface area contributed by atoms with Gasteiger partial charge in [0, 0.05) is 24.2 Å². The number of thiazole rings is 1. The van der Waals surface area contributed by atoms with E-state index in [-0.39, 0.29) is 0 Å². The quantitative estimate of drug-likeness (QED) is 0.806. The molecule has 0 unspecified atom stereocenters. The average molecular weight is 356 g/mol. The lowest BCUT2D eigenvalue weighted by atomic mass is 9.98. The van der Waals surface area contributed by atoms with Gasteiger partial charge >= 0.3 is 0 Å². The number of rotatable bonds is 4. The molecule has 118 valence electrons. The highest BCUT2D eigenvalue weighted by Crippen LogP contribution is 2.36. The highest BCUT2D eigenvalue weighted by molar-refractivity contribution is 7.15. The Balaban J connectivity index is 1.77. The summed E-state index contributed by atoms with van der Waals surface area (Å²) in [5.74, 6) is 0.800. The molecule has 6 heteroatoms. The average Bonchev–Trinajstić information content (AvgIpc) is 2.92. The van der Waals surface area contributed by atoms with E-state index in [9.17, 15) is 0 Å². The van der Waals surface area contributed by atoms with Gasteiger partial charge in [-0.2, -0.15) is 0 Å². The van der Waals surface area contributed by atoms with Crippen molar-refractivity contribution in [3.05, 3.63) is 38.8 Å². The van der Waals surface area contributed by atoms with Crippen molar-refractivity contribution in [2.24, 2.45) is 5.92 Å². The summed E-state index contributed by atoms with van der Waals surface area (Å²) in [7, 11) is 0. The number of para-hydroxylation sites is 1. The third kappa shape index (κ3) is 3.67. The predicted octanol–water partition coefficient (Wildman–Crippen LogP) is 5.30. The van der Waals surface area contributed by atoms with Gasteiger partial charge < -0.3 is 10.2 Å². The molecule has 3 nitrogen and oxygen atoms in total. The first-order chi connectivity index (χ1) is 10.6. The van der Waals surface area contributed by atoms with Gasteiger partial charge in [-0.25, -0.2) is 4.98 Å². The first kappa shape index (κ1) is 15.9. The fraction of sp³-hybridized carbons (Fsp3) is 0.438. The van der Waals surface area contributed by atoms with E-state index in [4.69, 9.17) is 23.2 Å². The van der Waals surface area contributed by atoms with Crippen LogP contribution in [-0.2, 0) is 6.54 Å². The topological polar surface area (TPSA) is 28.2 Å². The van der Waals surface area contributed by atoms with Gasteiger partial charge in [0.05, 0.1) is 22.9 Å². The minimum Gasteiger partial charge on any atom is -0.378 e. The Morgan fingerprint density at radius 2 is 2.09 bits per heavy atom. The molecule has 1 aliphatic heterocycles. The maximum absolute atomic E-state index is 6.47. The molecule has 22 heavy (non-hydrogen) atoms. The predicted molar refractivity (Wildman–Crippen MR) is 96.5 cm³/mol. The number of nitrogens with one attached hydrogen (secondary N) is 1. The molecule has 0 radical (unpaired) electrons. The summed E-state index contributed by atoms with van der Waals surface area (Å²) in [5.41, 5.74) is 2.19. The van der Waals surface area contributed by atoms with Crippen LogP contribution < -0.4 is 10.2 Å². The van der Waals surface area contributed by atoms with E-state index in [2.05, 4.69) is 28.2 Å². The monoisotopic (exact) mass is 355 g/mol. The van der Waals surface area contributed by atoms with E-state index in [0.717, 1.165) is 40.3 Å². The van der Waals surface area contributed by atoms with E-state index >= 15 is 0 Å². The van der Waals surface area contributed by atoms with Gasteiger partial charge in [-0.05, 0) is 30.9 Å². The van der Waals surface area contributed by atoms with Gasteiger partial charge in [0.25, 0.3) is 0 Å². The minimum atomic E-state index is 0.577. The maximum atomic E-state index is 6.47. The standard InChI is InChI=1S/C16H19Cl2N3S/c1-11-5-7-21(8-6-11)15-13(17)3-2-4-14(15)19-9-12-10-20-16(18)22-12/h2-4,10-11,19H,5-9H2,1H3. The highest BCUT2D eigenvalue weighted by Gasteiger charge is 2.20. The summed E-state index contributed by atoms with van der Waals surface area (Å²) >= 11 is 13.9. The lowest BCUT2D eigenvalue weighted by Crippen LogP contribution is -2.33. The zero-order valence-electron chi connectivity index (χ0n) is 12.5. The van der Waals surface area contributed by atoms with Crippen LogP contribution in [0.15, 0.2) is 24.4 Å². The molecule has 1 aromatic carbocycles. The molecule has 1 saturated heterocycles. The molecule has 1 N–H and O–H groups in total. The zero-order valence-corrected chi connectivity index (χ0v) is 14.8. The molecule has 0 aliphatic carbocycles. The molecule has 2 aromatic rings. The van der Waals surface area contributed by atoms with Gasteiger partial charge in [-0.3, -0.25) is 0 Å². The second-order valence-corrected chi connectivity index (χ2v) is 7.84. The lowest BCUT2D eigenvalue weighted by Gasteiger charge is -2.34. The first-order valence-corrected chi connectivity index (χ1v) is 9.08.